The molecular weight excluding hydrogens is 589 g/mol. The quantitative estimate of drug-likeness (QED) is 0.112. The molecule has 0 fully saturated rings. The van der Waals surface area contributed by atoms with Gasteiger partial charge in [0.05, 0.1) is 29.5 Å². The number of aryl methyl sites for hydroxylation is 1. The van der Waals surface area contributed by atoms with E-state index >= 15 is 0 Å². The number of anilines is 4. The zero-order valence-corrected chi connectivity index (χ0v) is 27.4. The number of ether oxygens (including phenoxy) is 1. The van der Waals surface area contributed by atoms with Crippen molar-refractivity contribution in [1.82, 2.24) is 9.55 Å². The van der Waals surface area contributed by atoms with Gasteiger partial charge in [0.15, 0.2) is 0 Å². The number of aromatic nitrogens is 3. The van der Waals surface area contributed by atoms with Crippen molar-refractivity contribution in [2.45, 2.75) is 26.2 Å². The van der Waals surface area contributed by atoms with Crippen molar-refractivity contribution in [3.05, 3.63) is 145 Å². The molecule has 7 heteroatoms. The van der Waals surface area contributed by atoms with Crippen molar-refractivity contribution in [2.75, 3.05) is 9.62 Å². The second kappa shape index (κ2) is 10.6. The summed E-state index contributed by atoms with van der Waals surface area (Å²) in [6.45, 7) is 6.64. The largest absolute Gasteiger partial charge is 0.458 e. The van der Waals surface area contributed by atoms with E-state index in [2.05, 4.69) is 150 Å². The molecule has 2 aromatic heterocycles. The normalized spacial score (nSPS) is 13.3. The van der Waals surface area contributed by atoms with E-state index in [-0.39, 0.29) is 12.4 Å². The highest BCUT2D eigenvalue weighted by atomic mass is 16.5. The first kappa shape index (κ1) is 28.4. The van der Waals surface area contributed by atoms with Gasteiger partial charge in [-0.05, 0) is 64.5 Å². The minimum Gasteiger partial charge on any atom is -0.458 e. The van der Waals surface area contributed by atoms with Crippen molar-refractivity contribution in [1.29, 1.82) is 0 Å². The lowest BCUT2D eigenvalue weighted by molar-refractivity contribution is -0.649. The summed E-state index contributed by atoms with van der Waals surface area (Å²) >= 11 is 0. The molecule has 7 aromatic rings. The molecule has 5 aromatic carbocycles. The zero-order valence-electron chi connectivity index (χ0n) is 27.4. The van der Waals surface area contributed by atoms with Gasteiger partial charge in [-0.25, -0.2) is 4.98 Å². The maximum atomic E-state index is 6.75. The van der Waals surface area contributed by atoms with Crippen LogP contribution in [0.4, 0.5) is 22.9 Å². The zero-order chi connectivity index (χ0) is 32.6. The Balaban J connectivity index is 1.18. The molecular formula is C41H34BN5O. The van der Waals surface area contributed by atoms with Crippen LogP contribution in [0.3, 0.4) is 0 Å². The predicted molar refractivity (Wildman–Crippen MR) is 194 cm³/mol. The highest BCUT2D eigenvalue weighted by Crippen LogP contribution is 2.50. The van der Waals surface area contributed by atoms with Crippen molar-refractivity contribution in [3.8, 4) is 28.3 Å². The molecule has 9 rings (SSSR count). The fourth-order valence-electron chi connectivity index (χ4n) is 7.24. The lowest BCUT2D eigenvalue weighted by atomic mass is 9.59. The topological polar surface area (TPSA) is 37.4 Å². The third-order valence-electron chi connectivity index (χ3n) is 9.52. The Morgan fingerprint density at radius 1 is 0.688 bits per heavy atom. The van der Waals surface area contributed by atoms with Crippen LogP contribution in [0.2, 0.25) is 0 Å². The summed E-state index contributed by atoms with van der Waals surface area (Å²) < 4.78 is 10.9. The Hall–Kier alpha value is -5.82. The molecule has 0 aliphatic carbocycles. The second-order valence-electron chi connectivity index (χ2n) is 13.6. The molecule has 0 radical (unpaired) electrons. The number of rotatable bonds is 4. The average Bonchev–Trinajstić information content (AvgIpc) is 3.64. The molecule has 6 nitrogen and oxygen atoms in total. The second-order valence-corrected chi connectivity index (χ2v) is 13.6. The van der Waals surface area contributed by atoms with Crippen LogP contribution >= 0.6 is 0 Å². The fraction of sp³-hybridized carbons (Fsp3) is 0.122. The van der Waals surface area contributed by atoms with Crippen LogP contribution in [0.5, 0.6) is 11.5 Å². The monoisotopic (exact) mass is 623 g/mol. The highest BCUT2D eigenvalue weighted by Gasteiger charge is 2.48. The number of hydrogen-bond donors (Lipinski definition) is 0. The average molecular weight is 624 g/mol. The van der Waals surface area contributed by atoms with Crippen molar-refractivity contribution >= 4 is 46.4 Å². The van der Waals surface area contributed by atoms with E-state index in [0.717, 1.165) is 45.4 Å². The maximum absolute atomic E-state index is 6.75. The van der Waals surface area contributed by atoms with E-state index in [0.29, 0.717) is 0 Å². The van der Waals surface area contributed by atoms with Gasteiger partial charge in [0.1, 0.15) is 17.3 Å². The minimum absolute atomic E-state index is 0.106. The maximum Gasteiger partial charge on any atom is 0.422 e. The molecule has 2 aliphatic rings. The van der Waals surface area contributed by atoms with Crippen molar-refractivity contribution in [2.24, 2.45) is 7.05 Å². The molecule has 4 heterocycles. The summed E-state index contributed by atoms with van der Waals surface area (Å²) in [6, 6.07) is 44.8. The number of para-hydroxylation sites is 3. The van der Waals surface area contributed by atoms with Crippen LogP contribution in [0.15, 0.2) is 134 Å². The van der Waals surface area contributed by atoms with E-state index in [9.17, 15) is 0 Å². The Morgan fingerprint density at radius 2 is 1.44 bits per heavy atom. The number of hydrogen-bond acceptors (Lipinski definition) is 4. The molecule has 0 spiro atoms. The molecule has 0 saturated carbocycles. The Bertz CT molecular complexity index is 2370. The first-order valence-electron chi connectivity index (χ1n) is 16.4. The third kappa shape index (κ3) is 4.42. The van der Waals surface area contributed by atoms with Crippen molar-refractivity contribution in [3.63, 3.8) is 0 Å². The number of nitrogens with zero attached hydrogens (tertiary/aromatic N) is 5. The lowest BCUT2D eigenvalue weighted by Gasteiger charge is -2.36. The summed E-state index contributed by atoms with van der Waals surface area (Å²) in [5, 5.41) is 0. The first-order valence-corrected chi connectivity index (χ1v) is 16.4. The first-order chi connectivity index (χ1) is 23.3. The summed E-state index contributed by atoms with van der Waals surface area (Å²) in [7, 11) is 2.02. The van der Waals surface area contributed by atoms with Gasteiger partial charge in [0.25, 0.3) is 0 Å². The van der Waals surface area contributed by atoms with Gasteiger partial charge in [-0.2, -0.15) is 0 Å². The SMILES string of the molecule is C[n+]1[c-]n(-c2cccc(Oc3cc(N4B5c6ccccc6-c6ccccc6N5c5cccnc54)cc(C(C)(C)C)c3)c2)c2ccccc21. The standard InChI is InChI=1S/C41H34BN5O/c1-41(2,3)28-23-30(26-32(24-28)48-31-14-11-13-29(25-31)45-27-44(4)37-19-9-10-20-38(37)45)46-40-39(21-12-22-43-40)47-36-18-8-6-16-34(36)33-15-5-7-17-35(33)42(46)47/h5-26H,1-4H3. The predicted octanol–water partition coefficient (Wildman–Crippen LogP) is 8.41. The smallest absolute Gasteiger partial charge is 0.422 e. The van der Waals surface area contributed by atoms with Crippen LogP contribution in [0.25, 0.3) is 27.8 Å². The Labute approximate surface area is 281 Å². The van der Waals surface area contributed by atoms with E-state index in [4.69, 9.17) is 9.72 Å². The van der Waals surface area contributed by atoms with E-state index < -0.39 is 0 Å². The van der Waals surface area contributed by atoms with Crippen LogP contribution in [-0.4, -0.2) is 16.5 Å². The minimum atomic E-state index is -0.118. The van der Waals surface area contributed by atoms with Gasteiger partial charge in [-0.1, -0.05) is 99.6 Å². The number of pyridine rings is 1. The van der Waals surface area contributed by atoms with Crippen molar-refractivity contribution < 1.29 is 9.30 Å². The number of imidazole rings is 1. The van der Waals surface area contributed by atoms with Crippen LogP contribution in [0, 0.1) is 6.33 Å². The van der Waals surface area contributed by atoms with Gasteiger partial charge in [0, 0.05) is 29.2 Å². The Morgan fingerprint density at radius 3 is 2.31 bits per heavy atom. The number of fused-ring (bicyclic) bond motifs is 9. The Kier molecular flexibility index (Phi) is 6.28. The van der Waals surface area contributed by atoms with Crippen LogP contribution in [-0.2, 0) is 12.5 Å². The molecule has 0 N–H and O–H groups in total. The highest BCUT2D eigenvalue weighted by molar-refractivity contribution is 6.86. The third-order valence-corrected chi connectivity index (χ3v) is 9.52. The van der Waals surface area contributed by atoms with Gasteiger partial charge in [-0.3, -0.25) is 0 Å². The molecule has 0 saturated heterocycles. The van der Waals surface area contributed by atoms with Crippen LogP contribution < -0.4 is 24.4 Å². The van der Waals surface area contributed by atoms with E-state index in [1.807, 2.05) is 36.0 Å². The summed E-state index contributed by atoms with van der Waals surface area (Å²) in [4.78, 5) is 9.81. The molecule has 2 aliphatic heterocycles. The van der Waals surface area contributed by atoms with Gasteiger partial charge < -0.3 is 23.5 Å². The van der Waals surface area contributed by atoms with Gasteiger partial charge >= 0.3 is 6.98 Å². The lowest BCUT2D eigenvalue weighted by Crippen LogP contribution is -2.55. The summed E-state index contributed by atoms with van der Waals surface area (Å²) in [5.41, 5.74) is 11.3. The molecule has 48 heavy (non-hydrogen) atoms. The van der Waals surface area contributed by atoms with Gasteiger partial charge in [0.2, 0.25) is 6.33 Å². The fourth-order valence-corrected chi connectivity index (χ4v) is 7.24. The number of benzene rings is 5. The van der Waals surface area contributed by atoms with E-state index in [1.54, 1.807) is 0 Å². The molecule has 0 amide bonds. The van der Waals surface area contributed by atoms with Crippen LogP contribution in [0.1, 0.15) is 26.3 Å². The van der Waals surface area contributed by atoms with E-state index in [1.165, 1.54) is 27.8 Å². The molecule has 0 atom stereocenters. The summed E-state index contributed by atoms with van der Waals surface area (Å²) in [6.07, 6.45) is 5.34. The molecule has 232 valence electrons. The summed E-state index contributed by atoms with van der Waals surface area (Å²) in [5.74, 6) is 2.47. The van der Waals surface area contributed by atoms with Gasteiger partial charge in [-0.15, -0.1) is 0 Å². The molecule has 0 unspecified atom stereocenters. The molecule has 0 bridgehead atoms.